The number of nitrogens with zero attached hydrogens (tertiary/aromatic N) is 2. The lowest BCUT2D eigenvalue weighted by Crippen LogP contribution is -2.53. The van der Waals surface area contributed by atoms with E-state index in [0.29, 0.717) is 18.8 Å². The van der Waals surface area contributed by atoms with Crippen molar-refractivity contribution in [2.24, 2.45) is 0 Å². The molecule has 1 aliphatic heterocycles. The molecule has 1 unspecified atom stereocenters. The van der Waals surface area contributed by atoms with Gasteiger partial charge in [-0.2, -0.15) is 4.31 Å². The van der Waals surface area contributed by atoms with Crippen LogP contribution < -0.4 is 5.73 Å². The molecule has 1 aliphatic rings. The van der Waals surface area contributed by atoms with Crippen molar-refractivity contribution in [3.8, 4) is 0 Å². The summed E-state index contributed by atoms with van der Waals surface area (Å²) in [5.41, 5.74) is 7.04. The van der Waals surface area contributed by atoms with Gasteiger partial charge in [-0.25, -0.2) is 8.42 Å². The highest BCUT2D eigenvalue weighted by molar-refractivity contribution is 7.88. The van der Waals surface area contributed by atoms with E-state index >= 15 is 0 Å². The molecular weight excluding hydrogens is 274 g/mol. The summed E-state index contributed by atoms with van der Waals surface area (Å²) < 4.78 is 26.6. The van der Waals surface area contributed by atoms with Crippen molar-refractivity contribution in [2.75, 3.05) is 31.9 Å². The van der Waals surface area contributed by atoms with Crippen LogP contribution in [0.25, 0.3) is 0 Å². The molecule has 112 valence electrons. The number of hydrogen-bond acceptors (Lipinski definition) is 4. The quantitative estimate of drug-likeness (QED) is 0.846. The van der Waals surface area contributed by atoms with Crippen molar-refractivity contribution in [1.82, 2.24) is 9.21 Å². The van der Waals surface area contributed by atoms with Gasteiger partial charge in [0.05, 0.1) is 5.75 Å². The van der Waals surface area contributed by atoms with Crippen molar-refractivity contribution in [2.45, 2.75) is 25.6 Å². The monoisotopic (exact) mass is 297 g/mol. The zero-order valence-corrected chi connectivity index (χ0v) is 12.9. The van der Waals surface area contributed by atoms with Gasteiger partial charge in [0.2, 0.25) is 10.0 Å². The van der Waals surface area contributed by atoms with Crippen LogP contribution in [0.4, 0.5) is 5.69 Å². The highest BCUT2D eigenvalue weighted by atomic mass is 32.2. The SMILES string of the molecule is CCN1CCN(S(=O)(=O)Cc2cccc(N)c2)CC1C. The molecule has 0 aliphatic carbocycles. The van der Waals surface area contributed by atoms with Crippen LogP contribution in [-0.4, -0.2) is 49.8 Å². The van der Waals surface area contributed by atoms with Gasteiger partial charge in [0.25, 0.3) is 0 Å². The van der Waals surface area contributed by atoms with Gasteiger partial charge in [0, 0.05) is 31.4 Å². The third kappa shape index (κ3) is 3.50. The minimum atomic E-state index is -3.27. The fourth-order valence-electron chi connectivity index (χ4n) is 2.67. The Balaban J connectivity index is 2.08. The molecule has 6 heteroatoms. The highest BCUT2D eigenvalue weighted by Gasteiger charge is 2.30. The average Bonchev–Trinajstić information content (AvgIpc) is 2.38. The number of hydrogen-bond donors (Lipinski definition) is 1. The summed E-state index contributed by atoms with van der Waals surface area (Å²) in [5, 5.41) is 0. The van der Waals surface area contributed by atoms with E-state index in [-0.39, 0.29) is 11.8 Å². The largest absolute Gasteiger partial charge is 0.399 e. The molecule has 1 aromatic rings. The second-order valence-electron chi connectivity index (χ2n) is 5.34. The summed E-state index contributed by atoms with van der Waals surface area (Å²) in [7, 11) is -3.27. The second kappa shape index (κ2) is 6.11. The number of sulfonamides is 1. The molecule has 2 rings (SSSR count). The zero-order chi connectivity index (χ0) is 14.8. The summed E-state index contributed by atoms with van der Waals surface area (Å²) in [6.07, 6.45) is 0. The molecule has 20 heavy (non-hydrogen) atoms. The molecule has 5 nitrogen and oxygen atoms in total. The van der Waals surface area contributed by atoms with Crippen LogP contribution >= 0.6 is 0 Å². The van der Waals surface area contributed by atoms with Gasteiger partial charge in [-0.15, -0.1) is 0 Å². The van der Waals surface area contributed by atoms with Gasteiger partial charge in [-0.05, 0) is 31.2 Å². The summed E-state index contributed by atoms with van der Waals surface area (Å²) in [6, 6.07) is 7.35. The normalized spacial score (nSPS) is 22.0. The van der Waals surface area contributed by atoms with Crippen LogP contribution in [0.3, 0.4) is 0 Å². The summed E-state index contributed by atoms with van der Waals surface area (Å²) in [4.78, 5) is 2.30. The van der Waals surface area contributed by atoms with E-state index in [2.05, 4.69) is 18.7 Å². The minimum absolute atomic E-state index is 0.0247. The molecule has 2 N–H and O–H groups in total. The van der Waals surface area contributed by atoms with Crippen LogP contribution in [0, 0.1) is 0 Å². The number of likely N-dealkylation sites (N-methyl/N-ethyl adjacent to an activating group) is 1. The average molecular weight is 297 g/mol. The first kappa shape index (κ1) is 15.3. The predicted molar refractivity (Wildman–Crippen MR) is 81.8 cm³/mol. The molecule has 0 bridgehead atoms. The maximum absolute atomic E-state index is 12.5. The van der Waals surface area contributed by atoms with Crippen molar-refractivity contribution in [3.05, 3.63) is 29.8 Å². The Bertz CT molecular complexity index is 559. The van der Waals surface area contributed by atoms with E-state index < -0.39 is 10.0 Å². The molecule has 0 saturated carbocycles. The molecule has 1 aromatic carbocycles. The van der Waals surface area contributed by atoms with Crippen molar-refractivity contribution in [1.29, 1.82) is 0 Å². The van der Waals surface area contributed by atoms with Gasteiger partial charge in [-0.3, -0.25) is 4.90 Å². The molecule has 1 saturated heterocycles. The molecule has 0 amide bonds. The summed E-state index contributed by atoms with van der Waals surface area (Å²) >= 11 is 0. The lowest BCUT2D eigenvalue weighted by molar-refractivity contribution is 0.135. The first-order chi connectivity index (χ1) is 9.42. The van der Waals surface area contributed by atoms with Crippen LogP contribution in [0.5, 0.6) is 0 Å². The van der Waals surface area contributed by atoms with Gasteiger partial charge in [0.15, 0.2) is 0 Å². The lowest BCUT2D eigenvalue weighted by Gasteiger charge is -2.38. The van der Waals surface area contributed by atoms with E-state index in [1.54, 1.807) is 28.6 Å². The Labute approximate surface area is 121 Å². The smallest absolute Gasteiger partial charge is 0.218 e. The van der Waals surface area contributed by atoms with E-state index in [0.717, 1.165) is 18.7 Å². The van der Waals surface area contributed by atoms with E-state index in [9.17, 15) is 8.42 Å². The molecular formula is C14H23N3O2S. The van der Waals surface area contributed by atoms with Gasteiger partial charge in [-0.1, -0.05) is 19.1 Å². The topological polar surface area (TPSA) is 66.6 Å². The third-order valence-electron chi connectivity index (χ3n) is 3.83. The van der Waals surface area contributed by atoms with Crippen molar-refractivity contribution in [3.63, 3.8) is 0 Å². The molecule has 1 atom stereocenters. The standard InChI is InChI=1S/C14H23N3O2S/c1-3-16-7-8-17(10-12(16)2)20(18,19)11-13-5-4-6-14(15)9-13/h4-6,9,12H,3,7-8,10-11,15H2,1-2H3. The summed E-state index contributed by atoms with van der Waals surface area (Å²) in [5.74, 6) is 0.0247. The Morgan fingerprint density at radius 2 is 2.10 bits per heavy atom. The molecule has 1 heterocycles. The van der Waals surface area contributed by atoms with Crippen LogP contribution in [0.15, 0.2) is 24.3 Å². The lowest BCUT2D eigenvalue weighted by atomic mass is 10.2. The number of rotatable bonds is 4. The van der Waals surface area contributed by atoms with Crippen LogP contribution in [0.1, 0.15) is 19.4 Å². The maximum Gasteiger partial charge on any atom is 0.218 e. The Kier molecular flexibility index (Phi) is 4.67. The van der Waals surface area contributed by atoms with E-state index in [1.165, 1.54) is 0 Å². The zero-order valence-electron chi connectivity index (χ0n) is 12.1. The van der Waals surface area contributed by atoms with Gasteiger partial charge in [0.1, 0.15) is 0 Å². The summed E-state index contributed by atoms with van der Waals surface area (Å²) in [6.45, 7) is 7.08. The first-order valence-corrected chi connectivity index (χ1v) is 8.59. The second-order valence-corrected chi connectivity index (χ2v) is 7.31. The third-order valence-corrected chi connectivity index (χ3v) is 5.64. The Morgan fingerprint density at radius 3 is 2.70 bits per heavy atom. The number of piperazine rings is 1. The van der Waals surface area contributed by atoms with Gasteiger partial charge >= 0.3 is 0 Å². The first-order valence-electron chi connectivity index (χ1n) is 6.98. The fraction of sp³-hybridized carbons (Fsp3) is 0.571. The van der Waals surface area contributed by atoms with E-state index in [4.69, 9.17) is 5.73 Å². The van der Waals surface area contributed by atoms with Crippen molar-refractivity contribution >= 4 is 15.7 Å². The van der Waals surface area contributed by atoms with Crippen LogP contribution in [0.2, 0.25) is 0 Å². The number of anilines is 1. The van der Waals surface area contributed by atoms with Crippen molar-refractivity contribution < 1.29 is 8.42 Å². The number of nitrogen functional groups attached to an aromatic ring is 1. The Hall–Kier alpha value is -1.11. The molecule has 1 fully saturated rings. The Morgan fingerprint density at radius 1 is 1.35 bits per heavy atom. The minimum Gasteiger partial charge on any atom is -0.399 e. The highest BCUT2D eigenvalue weighted by Crippen LogP contribution is 2.17. The molecule has 0 spiro atoms. The number of benzene rings is 1. The maximum atomic E-state index is 12.5. The van der Waals surface area contributed by atoms with Gasteiger partial charge < -0.3 is 5.73 Å². The number of nitrogens with two attached hydrogens (primary N) is 1. The predicted octanol–water partition coefficient (Wildman–Crippen LogP) is 1.12. The molecule has 0 radical (unpaired) electrons. The molecule has 0 aromatic heterocycles. The van der Waals surface area contributed by atoms with E-state index in [1.807, 2.05) is 0 Å². The fourth-order valence-corrected chi connectivity index (χ4v) is 4.26. The van der Waals surface area contributed by atoms with Crippen LogP contribution in [-0.2, 0) is 15.8 Å².